The smallest absolute Gasteiger partial charge is 0.321 e. The number of rotatable bonds is 5. The van der Waals surface area contributed by atoms with Crippen molar-refractivity contribution in [2.75, 3.05) is 20.2 Å². The molecule has 21 heavy (non-hydrogen) atoms. The van der Waals surface area contributed by atoms with E-state index < -0.39 is 28.8 Å². The normalized spacial score (nSPS) is 14.9. The summed E-state index contributed by atoms with van der Waals surface area (Å²) >= 11 is 0. The number of nitro benzene ring substituents is 1. The molecule has 114 valence electrons. The summed E-state index contributed by atoms with van der Waals surface area (Å²) in [4.78, 5) is 12.6. The van der Waals surface area contributed by atoms with E-state index in [2.05, 4.69) is 0 Å². The Morgan fingerprint density at radius 3 is 2.71 bits per heavy atom. The molecule has 7 heteroatoms. The van der Waals surface area contributed by atoms with Crippen LogP contribution < -0.4 is 4.74 Å². The molecule has 1 aliphatic heterocycles. The zero-order valence-electron chi connectivity index (χ0n) is 11.7. The van der Waals surface area contributed by atoms with Gasteiger partial charge in [0.15, 0.2) is 5.82 Å². The van der Waals surface area contributed by atoms with Crippen LogP contribution in [-0.2, 0) is 6.61 Å². The first kappa shape index (κ1) is 15.2. The third-order valence-corrected chi connectivity index (χ3v) is 3.46. The van der Waals surface area contributed by atoms with E-state index in [4.69, 9.17) is 4.74 Å². The minimum Gasteiger partial charge on any atom is -0.488 e. The quantitative estimate of drug-likeness (QED) is 0.666. The average molecular weight is 296 g/mol. The molecular formula is C14H17FN2O4. The van der Waals surface area contributed by atoms with Crippen LogP contribution in [0.1, 0.15) is 24.0 Å². The Kier molecular flexibility index (Phi) is 4.74. The van der Waals surface area contributed by atoms with Crippen molar-refractivity contribution in [1.29, 1.82) is 0 Å². The van der Waals surface area contributed by atoms with Crippen LogP contribution >= 0.6 is 0 Å². The molecule has 0 unspecified atom stereocenters. The molecule has 0 spiro atoms. The van der Waals surface area contributed by atoms with Crippen LogP contribution in [0.5, 0.6) is 5.75 Å². The molecule has 1 fully saturated rings. The van der Waals surface area contributed by atoms with Crippen molar-refractivity contribution in [3.63, 3.8) is 0 Å². The second-order valence-corrected chi connectivity index (χ2v) is 4.79. The van der Waals surface area contributed by atoms with E-state index in [-0.39, 0.29) is 11.1 Å². The first-order chi connectivity index (χ1) is 10.1. The van der Waals surface area contributed by atoms with Gasteiger partial charge in [-0.05, 0) is 31.2 Å². The number of ether oxygens (including phenoxy) is 1. The van der Waals surface area contributed by atoms with Crippen LogP contribution in [0.25, 0.3) is 6.08 Å². The van der Waals surface area contributed by atoms with Gasteiger partial charge in [0.05, 0.1) is 24.2 Å². The molecule has 0 aromatic heterocycles. The Morgan fingerprint density at radius 2 is 2.19 bits per heavy atom. The van der Waals surface area contributed by atoms with E-state index in [1.54, 1.807) is 12.3 Å². The summed E-state index contributed by atoms with van der Waals surface area (Å²) in [6, 6.07) is 1.28. The van der Waals surface area contributed by atoms with Gasteiger partial charge >= 0.3 is 5.69 Å². The molecule has 0 amide bonds. The number of hydrogen-bond donors (Lipinski definition) is 1. The van der Waals surface area contributed by atoms with Gasteiger partial charge in [-0.3, -0.25) is 10.1 Å². The lowest BCUT2D eigenvalue weighted by molar-refractivity contribution is -0.386. The molecular weight excluding hydrogens is 279 g/mol. The number of halogens is 1. The summed E-state index contributed by atoms with van der Waals surface area (Å²) in [7, 11) is 1.17. The minimum atomic E-state index is -0.898. The van der Waals surface area contributed by atoms with Crippen LogP contribution in [0.15, 0.2) is 12.3 Å². The summed E-state index contributed by atoms with van der Waals surface area (Å²) in [5.74, 6) is -1.35. The van der Waals surface area contributed by atoms with E-state index >= 15 is 0 Å². The number of nitro groups is 1. The molecule has 1 aromatic carbocycles. The van der Waals surface area contributed by atoms with E-state index in [0.717, 1.165) is 25.9 Å². The SMILES string of the molecule is COc1c(F)c(CO)cc(/C=C/N2CCCC2)c1[N+](=O)[O-]. The average Bonchev–Trinajstić information content (AvgIpc) is 2.98. The van der Waals surface area contributed by atoms with Crippen molar-refractivity contribution >= 4 is 11.8 Å². The van der Waals surface area contributed by atoms with Gasteiger partial charge < -0.3 is 14.7 Å². The van der Waals surface area contributed by atoms with E-state index in [9.17, 15) is 19.6 Å². The van der Waals surface area contributed by atoms with Gasteiger partial charge in [-0.2, -0.15) is 0 Å². The maximum absolute atomic E-state index is 14.0. The zero-order chi connectivity index (χ0) is 15.4. The van der Waals surface area contributed by atoms with Crippen LogP contribution in [0.3, 0.4) is 0 Å². The lowest BCUT2D eigenvalue weighted by Gasteiger charge is -2.12. The van der Waals surface area contributed by atoms with Crippen LogP contribution in [0.2, 0.25) is 0 Å². The van der Waals surface area contributed by atoms with Gasteiger partial charge in [0.1, 0.15) is 0 Å². The van der Waals surface area contributed by atoms with Gasteiger partial charge in [0.25, 0.3) is 0 Å². The van der Waals surface area contributed by atoms with Crippen molar-refractivity contribution < 1.29 is 19.2 Å². The maximum atomic E-state index is 14.0. The topological polar surface area (TPSA) is 75.8 Å². The third-order valence-electron chi connectivity index (χ3n) is 3.46. The number of aliphatic hydroxyl groups excluding tert-OH is 1. The third kappa shape index (κ3) is 3.13. The monoisotopic (exact) mass is 296 g/mol. The Labute approximate surface area is 121 Å². The zero-order valence-corrected chi connectivity index (χ0v) is 11.7. The first-order valence-corrected chi connectivity index (χ1v) is 6.65. The van der Waals surface area contributed by atoms with E-state index in [1.807, 2.05) is 4.90 Å². The van der Waals surface area contributed by atoms with Gasteiger partial charge in [-0.25, -0.2) is 4.39 Å². The highest BCUT2D eigenvalue weighted by Gasteiger charge is 2.26. The summed E-state index contributed by atoms with van der Waals surface area (Å²) in [5.41, 5.74) is -0.240. The molecule has 1 aromatic rings. The predicted octanol–water partition coefficient (Wildman–Crippen LogP) is 2.30. The molecule has 1 heterocycles. The second-order valence-electron chi connectivity index (χ2n) is 4.79. The van der Waals surface area contributed by atoms with Crippen molar-refractivity contribution in [1.82, 2.24) is 4.90 Å². The van der Waals surface area contributed by atoms with Gasteiger partial charge in [0.2, 0.25) is 5.75 Å². The van der Waals surface area contributed by atoms with Crippen molar-refractivity contribution in [3.05, 3.63) is 39.3 Å². The number of hydrogen-bond acceptors (Lipinski definition) is 5. The molecule has 1 N–H and O–H groups in total. The Balaban J connectivity index is 2.48. The van der Waals surface area contributed by atoms with E-state index in [0.29, 0.717) is 0 Å². The molecule has 6 nitrogen and oxygen atoms in total. The highest BCUT2D eigenvalue weighted by atomic mass is 19.1. The molecule has 0 saturated carbocycles. The largest absolute Gasteiger partial charge is 0.488 e. The number of methoxy groups -OCH3 is 1. The maximum Gasteiger partial charge on any atom is 0.321 e. The first-order valence-electron chi connectivity index (χ1n) is 6.65. The minimum absolute atomic E-state index is 0.0291. The Bertz CT molecular complexity index is 569. The fourth-order valence-electron chi connectivity index (χ4n) is 2.39. The van der Waals surface area contributed by atoms with Gasteiger partial charge in [-0.1, -0.05) is 0 Å². The van der Waals surface area contributed by atoms with Crippen molar-refractivity contribution in [3.8, 4) is 5.75 Å². The molecule has 1 saturated heterocycles. The van der Waals surface area contributed by atoms with Crippen LogP contribution in [0, 0.1) is 15.9 Å². The van der Waals surface area contributed by atoms with Crippen LogP contribution in [0.4, 0.5) is 10.1 Å². The Hall–Kier alpha value is -2.15. The second kappa shape index (κ2) is 6.53. The molecule has 0 radical (unpaired) electrons. The van der Waals surface area contributed by atoms with Crippen molar-refractivity contribution in [2.24, 2.45) is 0 Å². The fourth-order valence-corrected chi connectivity index (χ4v) is 2.39. The standard InChI is InChI=1S/C14H17FN2O4/c1-21-14-12(15)11(9-18)8-10(13(14)17(19)20)4-7-16-5-2-3-6-16/h4,7-8,18H,2-3,5-6,9H2,1H3/b7-4+. The lowest BCUT2D eigenvalue weighted by Crippen LogP contribution is -2.10. The number of likely N-dealkylation sites (tertiary alicyclic amines) is 1. The summed E-state index contributed by atoms with van der Waals surface area (Å²) in [6.45, 7) is 1.25. The molecule has 1 aliphatic rings. The fraction of sp³-hybridized carbons (Fsp3) is 0.429. The molecule has 0 atom stereocenters. The lowest BCUT2D eigenvalue weighted by atomic mass is 10.1. The summed E-state index contributed by atoms with van der Waals surface area (Å²) in [5, 5.41) is 20.4. The predicted molar refractivity (Wildman–Crippen MR) is 75.4 cm³/mol. The molecule has 2 rings (SSSR count). The molecule has 0 aliphatic carbocycles. The summed E-state index contributed by atoms with van der Waals surface area (Å²) in [6.07, 6.45) is 5.49. The van der Waals surface area contributed by atoms with Crippen LogP contribution in [-0.4, -0.2) is 35.1 Å². The number of aliphatic hydroxyl groups is 1. The van der Waals surface area contributed by atoms with Gasteiger partial charge in [-0.15, -0.1) is 0 Å². The molecule has 0 bridgehead atoms. The highest BCUT2D eigenvalue weighted by molar-refractivity contribution is 5.68. The van der Waals surface area contributed by atoms with E-state index in [1.165, 1.54) is 13.2 Å². The highest BCUT2D eigenvalue weighted by Crippen LogP contribution is 2.36. The summed E-state index contributed by atoms with van der Waals surface area (Å²) < 4.78 is 18.8. The number of nitrogens with zero attached hydrogens (tertiary/aromatic N) is 2. The van der Waals surface area contributed by atoms with Gasteiger partial charge in [0, 0.05) is 18.7 Å². The number of benzene rings is 1. The Morgan fingerprint density at radius 1 is 1.52 bits per heavy atom. The van der Waals surface area contributed by atoms with Crippen molar-refractivity contribution in [2.45, 2.75) is 19.4 Å².